The monoisotopic (exact) mass is 124 g/mol. The van der Waals surface area contributed by atoms with Crippen molar-refractivity contribution in [1.82, 2.24) is 0 Å². The van der Waals surface area contributed by atoms with Crippen molar-refractivity contribution >= 4 is 5.97 Å². The minimum Gasteiger partial charge on any atom is -0.481 e. The molecule has 0 spiro atoms. The Labute approximate surface area is 53.2 Å². The van der Waals surface area contributed by atoms with Gasteiger partial charge in [-0.2, -0.15) is 0 Å². The lowest BCUT2D eigenvalue weighted by atomic mass is 10.2. The number of hydrogen-bond acceptors (Lipinski definition) is 1. The summed E-state index contributed by atoms with van der Waals surface area (Å²) in [5.74, 6) is 0.203. The molecule has 9 heavy (non-hydrogen) atoms. The molecule has 48 valence electrons. The fourth-order valence-corrected chi connectivity index (χ4v) is 1.71. The molecular formula is C7H8O2. The topological polar surface area (TPSA) is 37.3 Å². The number of hydrogen-bond donors (Lipinski definition) is 1. The first-order valence-electron chi connectivity index (χ1n) is 3.20. The summed E-state index contributed by atoms with van der Waals surface area (Å²) < 4.78 is 0. The Balaban J connectivity index is 2.10. The van der Waals surface area contributed by atoms with Crippen molar-refractivity contribution < 1.29 is 9.90 Å². The van der Waals surface area contributed by atoms with Crippen molar-refractivity contribution in [2.75, 3.05) is 0 Å². The van der Waals surface area contributed by atoms with Crippen LogP contribution in [0.15, 0.2) is 12.2 Å². The first-order chi connectivity index (χ1) is 4.30. The Kier molecular flexibility index (Phi) is 0.770. The Hall–Kier alpha value is -0.790. The second-order valence-electron chi connectivity index (χ2n) is 2.77. The molecule has 1 N–H and O–H groups in total. The SMILES string of the molecule is O=C(O)C1[C@H]2CC=C[C@@H]12. The van der Waals surface area contributed by atoms with Gasteiger partial charge in [0, 0.05) is 0 Å². The fraction of sp³-hybridized carbons (Fsp3) is 0.571. The molecule has 2 nitrogen and oxygen atoms in total. The van der Waals surface area contributed by atoms with E-state index in [0.29, 0.717) is 11.8 Å². The summed E-state index contributed by atoms with van der Waals surface area (Å²) in [7, 11) is 0. The molecule has 2 rings (SSSR count). The zero-order valence-electron chi connectivity index (χ0n) is 4.95. The summed E-state index contributed by atoms with van der Waals surface area (Å²) in [6, 6.07) is 0. The van der Waals surface area contributed by atoms with Crippen molar-refractivity contribution in [3.63, 3.8) is 0 Å². The quantitative estimate of drug-likeness (QED) is 0.527. The summed E-state index contributed by atoms with van der Waals surface area (Å²) in [5.41, 5.74) is 0. The van der Waals surface area contributed by atoms with Gasteiger partial charge < -0.3 is 5.11 Å². The van der Waals surface area contributed by atoms with E-state index in [1.165, 1.54) is 0 Å². The molecule has 0 aromatic rings. The molecule has 0 aromatic heterocycles. The highest BCUT2D eigenvalue weighted by Gasteiger charge is 2.54. The maximum Gasteiger partial charge on any atom is 0.307 e. The van der Waals surface area contributed by atoms with Crippen LogP contribution in [0.2, 0.25) is 0 Å². The summed E-state index contributed by atoms with van der Waals surface area (Å²) in [6.45, 7) is 0. The zero-order chi connectivity index (χ0) is 6.43. The Morgan fingerprint density at radius 3 is 2.78 bits per heavy atom. The van der Waals surface area contributed by atoms with E-state index in [-0.39, 0.29) is 5.92 Å². The van der Waals surface area contributed by atoms with Crippen LogP contribution in [-0.4, -0.2) is 11.1 Å². The molecule has 1 unspecified atom stereocenters. The predicted octanol–water partition coefficient (Wildman–Crippen LogP) is 0.893. The van der Waals surface area contributed by atoms with Gasteiger partial charge in [-0.1, -0.05) is 12.2 Å². The van der Waals surface area contributed by atoms with Crippen LogP contribution in [-0.2, 0) is 4.79 Å². The minimum atomic E-state index is -0.616. The third kappa shape index (κ3) is 0.530. The predicted molar refractivity (Wildman–Crippen MR) is 31.9 cm³/mol. The average molecular weight is 124 g/mol. The van der Waals surface area contributed by atoms with Crippen LogP contribution in [0.25, 0.3) is 0 Å². The van der Waals surface area contributed by atoms with Crippen molar-refractivity contribution in [2.45, 2.75) is 6.42 Å². The number of carbonyl (C=O) groups is 1. The van der Waals surface area contributed by atoms with Gasteiger partial charge >= 0.3 is 5.97 Å². The Morgan fingerprint density at radius 2 is 2.44 bits per heavy atom. The normalized spacial score (nSPS) is 44.7. The van der Waals surface area contributed by atoms with Crippen LogP contribution < -0.4 is 0 Å². The van der Waals surface area contributed by atoms with E-state index in [1.807, 2.05) is 6.08 Å². The van der Waals surface area contributed by atoms with Crippen molar-refractivity contribution in [1.29, 1.82) is 0 Å². The van der Waals surface area contributed by atoms with Gasteiger partial charge in [-0.3, -0.25) is 4.79 Å². The second-order valence-corrected chi connectivity index (χ2v) is 2.77. The van der Waals surface area contributed by atoms with Gasteiger partial charge in [0.2, 0.25) is 0 Å². The number of aliphatic carboxylic acids is 1. The highest BCUT2D eigenvalue weighted by molar-refractivity contribution is 5.75. The van der Waals surface area contributed by atoms with E-state index in [0.717, 1.165) is 6.42 Å². The summed E-state index contributed by atoms with van der Waals surface area (Å²) in [4.78, 5) is 10.3. The van der Waals surface area contributed by atoms with Crippen molar-refractivity contribution in [2.24, 2.45) is 17.8 Å². The van der Waals surface area contributed by atoms with E-state index in [9.17, 15) is 4.79 Å². The Morgan fingerprint density at radius 1 is 1.67 bits per heavy atom. The molecule has 1 saturated carbocycles. The van der Waals surface area contributed by atoms with Gasteiger partial charge in [0.05, 0.1) is 5.92 Å². The molecule has 0 saturated heterocycles. The van der Waals surface area contributed by atoms with Gasteiger partial charge in [0.25, 0.3) is 0 Å². The number of fused-ring (bicyclic) bond motifs is 1. The molecule has 0 aliphatic heterocycles. The van der Waals surface area contributed by atoms with Crippen LogP contribution in [0, 0.1) is 17.8 Å². The lowest BCUT2D eigenvalue weighted by Gasteiger charge is -1.88. The number of allylic oxidation sites excluding steroid dienone is 2. The van der Waals surface area contributed by atoms with Gasteiger partial charge in [-0.15, -0.1) is 0 Å². The van der Waals surface area contributed by atoms with Crippen LogP contribution in [0.1, 0.15) is 6.42 Å². The average Bonchev–Trinajstić information content (AvgIpc) is 2.30. The second kappa shape index (κ2) is 1.38. The fourth-order valence-electron chi connectivity index (χ4n) is 1.71. The van der Waals surface area contributed by atoms with E-state index in [2.05, 4.69) is 6.08 Å². The van der Waals surface area contributed by atoms with Gasteiger partial charge in [0.1, 0.15) is 0 Å². The molecular weight excluding hydrogens is 116 g/mol. The number of carboxylic acid groups (broad SMARTS) is 1. The minimum absolute atomic E-state index is 0.0324. The van der Waals surface area contributed by atoms with E-state index in [4.69, 9.17) is 5.11 Å². The van der Waals surface area contributed by atoms with Crippen LogP contribution in [0.5, 0.6) is 0 Å². The molecule has 2 heteroatoms. The summed E-state index contributed by atoms with van der Waals surface area (Å²) >= 11 is 0. The lowest BCUT2D eigenvalue weighted by molar-refractivity contribution is -0.139. The first-order valence-corrected chi connectivity index (χ1v) is 3.20. The standard InChI is InChI=1S/C7H8O2/c8-7(9)6-4-2-1-3-5(4)6/h1-2,4-6H,3H2,(H,8,9)/t4-,5+,6?/m1/s1. The largest absolute Gasteiger partial charge is 0.481 e. The molecule has 0 bridgehead atoms. The van der Waals surface area contributed by atoms with Gasteiger partial charge in [-0.05, 0) is 18.3 Å². The third-order valence-corrected chi connectivity index (χ3v) is 2.28. The highest BCUT2D eigenvalue weighted by atomic mass is 16.4. The molecule has 3 atom stereocenters. The van der Waals surface area contributed by atoms with E-state index < -0.39 is 5.97 Å². The number of rotatable bonds is 1. The van der Waals surface area contributed by atoms with Gasteiger partial charge in [-0.25, -0.2) is 0 Å². The summed E-state index contributed by atoms with van der Waals surface area (Å²) in [5, 5.41) is 8.53. The van der Waals surface area contributed by atoms with E-state index in [1.54, 1.807) is 0 Å². The number of carboxylic acids is 1. The highest BCUT2D eigenvalue weighted by Crippen LogP contribution is 2.53. The molecule has 0 amide bonds. The maximum absolute atomic E-state index is 10.3. The maximum atomic E-state index is 10.3. The van der Waals surface area contributed by atoms with Crippen molar-refractivity contribution in [3.05, 3.63) is 12.2 Å². The van der Waals surface area contributed by atoms with Crippen LogP contribution >= 0.6 is 0 Å². The molecule has 1 fully saturated rings. The third-order valence-electron chi connectivity index (χ3n) is 2.28. The van der Waals surface area contributed by atoms with Gasteiger partial charge in [0.15, 0.2) is 0 Å². The molecule has 2 aliphatic rings. The summed E-state index contributed by atoms with van der Waals surface area (Å²) in [6.07, 6.45) is 5.10. The van der Waals surface area contributed by atoms with E-state index >= 15 is 0 Å². The molecule has 0 aromatic carbocycles. The van der Waals surface area contributed by atoms with Crippen LogP contribution in [0.4, 0.5) is 0 Å². The lowest BCUT2D eigenvalue weighted by Crippen LogP contribution is -2.00. The first kappa shape index (κ1) is 5.03. The Bertz CT molecular complexity index is 183. The molecule has 0 heterocycles. The smallest absolute Gasteiger partial charge is 0.307 e. The molecule has 0 radical (unpaired) electrons. The van der Waals surface area contributed by atoms with Crippen molar-refractivity contribution in [3.8, 4) is 0 Å². The molecule has 2 aliphatic carbocycles. The zero-order valence-corrected chi connectivity index (χ0v) is 4.95. The van der Waals surface area contributed by atoms with Crippen LogP contribution in [0.3, 0.4) is 0 Å².